The number of esters is 1. The number of benzene rings is 2. The molecule has 0 bridgehead atoms. The van der Waals surface area contributed by atoms with E-state index < -0.39 is 29.6 Å². The second kappa shape index (κ2) is 9.78. The molecule has 3 heterocycles. The van der Waals surface area contributed by atoms with E-state index in [1.54, 1.807) is 25.7 Å². The third kappa shape index (κ3) is 4.80. The lowest BCUT2D eigenvalue weighted by atomic mass is 9.71. The van der Waals surface area contributed by atoms with Crippen LogP contribution in [0.5, 0.6) is 0 Å². The van der Waals surface area contributed by atoms with Crippen LogP contribution in [0.1, 0.15) is 62.6 Å². The van der Waals surface area contributed by atoms with E-state index in [0.717, 1.165) is 16.5 Å². The molecule has 2 saturated heterocycles. The van der Waals surface area contributed by atoms with Crippen molar-refractivity contribution in [2.45, 2.75) is 58.4 Å². The van der Waals surface area contributed by atoms with Gasteiger partial charge in [0.25, 0.3) is 0 Å². The summed E-state index contributed by atoms with van der Waals surface area (Å²) in [6.45, 7) is 7.73. The zero-order valence-electron chi connectivity index (χ0n) is 21.8. The first-order valence-electron chi connectivity index (χ1n) is 13.0. The normalized spacial score (nSPS) is 25.8. The Labute approximate surface area is 217 Å². The Hall–Kier alpha value is -3.45. The van der Waals surface area contributed by atoms with Crippen molar-refractivity contribution in [1.29, 1.82) is 0 Å². The highest BCUT2D eigenvalue weighted by Crippen LogP contribution is 2.47. The number of hydrogen-bond donors (Lipinski definition) is 1. The minimum Gasteiger partial charge on any atom is -0.459 e. The summed E-state index contributed by atoms with van der Waals surface area (Å²) in [6.07, 6.45) is 0.201. The fourth-order valence-electron chi connectivity index (χ4n) is 5.83. The van der Waals surface area contributed by atoms with Crippen LogP contribution in [0.2, 0.25) is 0 Å². The molecule has 1 unspecified atom stereocenters. The van der Waals surface area contributed by atoms with Gasteiger partial charge in [-0.25, -0.2) is 0 Å². The average Bonchev–Trinajstić information content (AvgIpc) is 3.49. The summed E-state index contributed by atoms with van der Waals surface area (Å²) in [6, 6.07) is 19.0. The van der Waals surface area contributed by atoms with Crippen LogP contribution < -0.4 is 0 Å². The molecular weight excluding hydrogens is 468 g/mol. The van der Waals surface area contributed by atoms with E-state index in [9.17, 15) is 14.4 Å². The molecule has 2 aliphatic rings. The van der Waals surface area contributed by atoms with Gasteiger partial charge in [-0.3, -0.25) is 14.4 Å². The minimum absolute atomic E-state index is 0.0463. The number of amides is 1. The van der Waals surface area contributed by atoms with Gasteiger partial charge < -0.3 is 19.4 Å². The molecule has 5 atom stereocenters. The Morgan fingerprint density at radius 2 is 1.76 bits per heavy atom. The number of Topliss-reactive ketones (excluding diaryl/α,β-unsaturated/α-hetero) is 1. The van der Waals surface area contributed by atoms with Gasteiger partial charge in [0.05, 0.1) is 18.3 Å². The molecule has 7 heteroatoms. The lowest BCUT2D eigenvalue weighted by molar-refractivity contribution is -0.181. The van der Waals surface area contributed by atoms with E-state index >= 15 is 0 Å². The van der Waals surface area contributed by atoms with Crippen LogP contribution >= 0.6 is 0 Å². The first-order chi connectivity index (χ1) is 17.7. The minimum atomic E-state index is -1.08. The van der Waals surface area contributed by atoms with Gasteiger partial charge >= 0.3 is 5.97 Å². The van der Waals surface area contributed by atoms with Gasteiger partial charge in [0.2, 0.25) is 5.91 Å². The summed E-state index contributed by atoms with van der Waals surface area (Å²) in [7, 11) is 0. The number of para-hydroxylation sites is 1. The van der Waals surface area contributed by atoms with Crippen LogP contribution in [-0.2, 0) is 19.1 Å². The molecule has 1 N–H and O–H groups in total. The van der Waals surface area contributed by atoms with E-state index in [0.29, 0.717) is 18.7 Å². The molecule has 0 radical (unpaired) electrons. The van der Waals surface area contributed by atoms with E-state index in [2.05, 4.69) is 4.98 Å². The molecule has 0 saturated carbocycles. The molecule has 1 aromatic heterocycles. The number of H-pyrrole nitrogens is 1. The molecule has 194 valence electrons. The molecule has 5 rings (SSSR count). The molecule has 3 aromatic rings. The number of carbonyl (C=O) groups is 3. The van der Waals surface area contributed by atoms with Crippen LogP contribution in [0.3, 0.4) is 0 Å². The number of fused-ring (bicyclic) bond motifs is 2. The van der Waals surface area contributed by atoms with Crippen molar-refractivity contribution < 1.29 is 23.9 Å². The van der Waals surface area contributed by atoms with Crippen molar-refractivity contribution in [3.63, 3.8) is 0 Å². The molecule has 0 spiro atoms. The van der Waals surface area contributed by atoms with Crippen molar-refractivity contribution in [3.05, 3.63) is 71.9 Å². The van der Waals surface area contributed by atoms with Crippen LogP contribution in [0.25, 0.3) is 10.9 Å². The first-order valence-corrected chi connectivity index (χ1v) is 13.0. The lowest BCUT2D eigenvalue weighted by Crippen LogP contribution is -2.58. The van der Waals surface area contributed by atoms with Crippen molar-refractivity contribution in [2.24, 2.45) is 17.8 Å². The summed E-state index contributed by atoms with van der Waals surface area (Å²) < 4.78 is 12.0. The maximum Gasteiger partial charge on any atom is 0.319 e. The summed E-state index contributed by atoms with van der Waals surface area (Å²) in [5.74, 6) is -2.86. The number of carbonyl (C=O) groups excluding carboxylic acids is 3. The highest BCUT2D eigenvalue weighted by Gasteiger charge is 2.57. The molecule has 2 aliphatic heterocycles. The van der Waals surface area contributed by atoms with Crippen molar-refractivity contribution in [2.75, 3.05) is 6.61 Å². The van der Waals surface area contributed by atoms with Crippen LogP contribution in [0, 0.1) is 17.8 Å². The molecule has 37 heavy (non-hydrogen) atoms. The number of piperidine rings is 1. The Bertz CT molecular complexity index is 1280. The third-order valence-corrected chi connectivity index (χ3v) is 7.47. The second-order valence-electron chi connectivity index (χ2n) is 11.0. The third-order valence-electron chi connectivity index (χ3n) is 7.47. The van der Waals surface area contributed by atoms with E-state index in [1.165, 1.54) is 0 Å². The zero-order chi connectivity index (χ0) is 26.3. The Balaban J connectivity index is 1.51. The second-order valence-corrected chi connectivity index (χ2v) is 11.0. The fourth-order valence-corrected chi connectivity index (χ4v) is 5.83. The van der Waals surface area contributed by atoms with E-state index in [4.69, 9.17) is 9.47 Å². The molecule has 7 nitrogen and oxygen atoms in total. The van der Waals surface area contributed by atoms with Crippen LogP contribution in [0.4, 0.5) is 0 Å². The van der Waals surface area contributed by atoms with Gasteiger partial charge in [0.15, 0.2) is 5.78 Å². The Morgan fingerprint density at radius 1 is 1.05 bits per heavy atom. The van der Waals surface area contributed by atoms with Gasteiger partial charge in [-0.2, -0.15) is 0 Å². The van der Waals surface area contributed by atoms with Gasteiger partial charge in [-0.1, -0.05) is 55.5 Å². The molecule has 1 amide bonds. The van der Waals surface area contributed by atoms with Gasteiger partial charge in [-0.15, -0.1) is 0 Å². The summed E-state index contributed by atoms with van der Waals surface area (Å²) >= 11 is 0. The number of nitrogens with zero attached hydrogens (tertiary/aromatic N) is 1. The highest BCUT2D eigenvalue weighted by atomic mass is 16.6. The van der Waals surface area contributed by atoms with E-state index in [1.807, 2.05) is 67.6 Å². The smallest absolute Gasteiger partial charge is 0.319 e. The summed E-state index contributed by atoms with van der Waals surface area (Å²) in [5, 5.41) is 0.942. The predicted molar refractivity (Wildman–Crippen MR) is 140 cm³/mol. The SMILES string of the molecule is CC[C@H]1[C@H](CC(=O)c2cc3ccccc3[nH]2)C(C(=O)OC(C)(C)C)C(=O)N2[C@@H]1OC[C@H]2c1ccccc1. The quantitative estimate of drug-likeness (QED) is 0.281. The van der Waals surface area contributed by atoms with Crippen LogP contribution in [0.15, 0.2) is 60.7 Å². The Kier molecular flexibility index (Phi) is 6.67. The van der Waals surface area contributed by atoms with Crippen molar-refractivity contribution >= 4 is 28.6 Å². The summed E-state index contributed by atoms with van der Waals surface area (Å²) in [5.41, 5.74) is 1.55. The maximum absolute atomic E-state index is 14.1. The maximum atomic E-state index is 14.1. The number of rotatable bonds is 6. The number of ketones is 1. The Morgan fingerprint density at radius 3 is 2.43 bits per heavy atom. The number of hydrogen-bond acceptors (Lipinski definition) is 5. The van der Waals surface area contributed by atoms with Gasteiger partial charge in [-0.05, 0) is 50.8 Å². The van der Waals surface area contributed by atoms with Gasteiger partial charge in [0.1, 0.15) is 17.7 Å². The molecule has 0 aliphatic carbocycles. The predicted octanol–water partition coefficient (Wildman–Crippen LogP) is 5.28. The monoisotopic (exact) mass is 502 g/mol. The number of aromatic nitrogens is 1. The number of ether oxygens (including phenoxy) is 2. The molecular formula is C30H34N2O5. The number of aromatic amines is 1. The number of nitrogens with one attached hydrogen (secondary N) is 1. The highest BCUT2D eigenvalue weighted by molar-refractivity contribution is 6.02. The van der Waals surface area contributed by atoms with Gasteiger partial charge in [0, 0.05) is 23.2 Å². The lowest BCUT2D eigenvalue weighted by Gasteiger charge is -2.45. The van der Waals surface area contributed by atoms with E-state index in [-0.39, 0.29) is 30.1 Å². The summed E-state index contributed by atoms with van der Waals surface area (Å²) in [4.78, 5) is 46.1. The largest absolute Gasteiger partial charge is 0.459 e. The fraction of sp³-hybridized carbons (Fsp3) is 0.433. The molecule has 2 aromatic carbocycles. The average molecular weight is 503 g/mol. The van der Waals surface area contributed by atoms with Crippen molar-refractivity contribution in [1.82, 2.24) is 9.88 Å². The molecule has 2 fully saturated rings. The standard InChI is InChI=1S/C30H34N2O5/c1-5-20-21(16-25(33)23-15-19-13-9-10-14-22(19)31-23)26(29(35)37-30(2,3)4)27(34)32-24(17-36-28(20)32)18-11-7-6-8-12-18/h6-15,20-21,24,26,28,31H,5,16-17H2,1-4H3/t20-,21-,24-,26?,28+/m0/s1. The topological polar surface area (TPSA) is 88.7 Å². The zero-order valence-corrected chi connectivity index (χ0v) is 21.8. The van der Waals surface area contributed by atoms with Crippen molar-refractivity contribution in [3.8, 4) is 0 Å². The first kappa shape index (κ1) is 25.2. The van der Waals surface area contributed by atoms with Crippen LogP contribution in [-0.4, -0.2) is 46.0 Å².